The Morgan fingerprint density at radius 1 is 1.00 bits per heavy atom. The molecule has 0 spiro atoms. The van der Waals surface area contributed by atoms with Crippen molar-refractivity contribution in [2.75, 3.05) is 13.1 Å². The average Bonchev–Trinajstić information content (AvgIpc) is 2.09. The Kier molecular flexibility index (Phi) is 3.49. The van der Waals surface area contributed by atoms with Crippen LogP contribution < -0.4 is 21.3 Å². The van der Waals surface area contributed by atoms with Gasteiger partial charge in [-0.2, -0.15) is 0 Å². The molecule has 0 saturated carbocycles. The Labute approximate surface area is 70.1 Å². The van der Waals surface area contributed by atoms with Gasteiger partial charge in [0.05, 0.1) is 0 Å². The predicted octanol–water partition coefficient (Wildman–Crippen LogP) is -2.68. The maximum atomic E-state index is 10.1. The minimum atomic E-state index is -0.235. The molecule has 2 atom stereocenters. The largest absolute Gasteiger partial charge is 0.340 e. The molecule has 1 rings (SSSR count). The van der Waals surface area contributed by atoms with Crippen LogP contribution in [0.4, 0.5) is 0 Å². The molecule has 1 aliphatic rings. The van der Waals surface area contributed by atoms with Gasteiger partial charge in [-0.1, -0.05) is 0 Å². The van der Waals surface area contributed by atoms with E-state index in [1.165, 1.54) is 0 Å². The van der Waals surface area contributed by atoms with Crippen molar-refractivity contribution < 1.29 is 9.59 Å². The van der Waals surface area contributed by atoms with Crippen LogP contribution in [0.2, 0.25) is 0 Å². The Balaban J connectivity index is 2.41. The lowest BCUT2D eigenvalue weighted by atomic mass is 10.3. The zero-order valence-corrected chi connectivity index (χ0v) is 6.54. The molecule has 0 aromatic carbocycles. The van der Waals surface area contributed by atoms with Gasteiger partial charge in [0.2, 0.25) is 12.8 Å². The van der Waals surface area contributed by atoms with Crippen molar-refractivity contribution in [2.24, 2.45) is 0 Å². The van der Waals surface area contributed by atoms with Crippen molar-refractivity contribution in [2.45, 2.75) is 12.3 Å². The summed E-state index contributed by atoms with van der Waals surface area (Å²) in [5, 5.41) is 11.1. The van der Waals surface area contributed by atoms with Crippen LogP contribution in [-0.2, 0) is 9.59 Å². The van der Waals surface area contributed by atoms with Crippen LogP contribution in [0.25, 0.3) is 0 Å². The highest BCUT2D eigenvalue weighted by atomic mass is 16.1. The highest BCUT2D eigenvalue weighted by molar-refractivity contribution is 5.49. The summed E-state index contributed by atoms with van der Waals surface area (Å²) in [6, 6.07) is 0. The second-order valence-electron chi connectivity index (χ2n) is 2.43. The van der Waals surface area contributed by atoms with E-state index in [1.807, 2.05) is 0 Å². The monoisotopic (exact) mass is 172 g/mol. The first-order chi connectivity index (χ1) is 5.88. The van der Waals surface area contributed by atoms with E-state index in [2.05, 4.69) is 21.3 Å². The smallest absolute Gasteiger partial charge is 0.208 e. The van der Waals surface area contributed by atoms with E-state index in [-0.39, 0.29) is 12.3 Å². The Morgan fingerprint density at radius 3 is 1.75 bits per heavy atom. The van der Waals surface area contributed by atoms with E-state index in [4.69, 9.17) is 0 Å². The van der Waals surface area contributed by atoms with Gasteiger partial charge in [0.1, 0.15) is 12.3 Å². The summed E-state index contributed by atoms with van der Waals surface area (Å²) < 4.78 is 0. The second-order valence-corrected chi connectivity index (χ2v) is 2.43. The second kappa shape index (κ2) is 4.68. The van der Waals surface area contributed by atoms with E-state index in [1.54, 1.807) is 0 Å². The van der Waals surface area contributed by atoms with E-state index >= 15 is 0 Å². The predicted molar refractivity (Wildman–Crippen MR) is 42.0 cm³/mol. The summed E-state index contributed by atoms with van der Waals surface area (Å²) in [6.45, 7) is 1.53. The zero-order chi connectivity index (χ0) is 8.81. The van der Waals surface area contributed by atoms with Gasteiger partial charge < -0.3 is 10.6 Å². The number of hydrogen-bond donors (Lipinski definition) is 4. The molecule has 0 bridgehead atoms. The molecule has 6 heteroatoms. The van der Waals surface area contributed by atoms with Crippen molar-refractivity contribution in [3.05, 3.63) is 0 Å². The molecule has 4 N–H and O–H groups in total. The highest BCUT2D eigenvalue weighted by Gasteiger charge is 2.22. The molecule has 1 aliphatic heterocycles. The van der Waals surface area contributed by atoms with Crippen molar-refractivity contribution in [3.8, 4) is 0 Å². The minimum Gasteiger partial charge on any atom is -0.340 e. The molecule has 1 saturated heterocycles. The van der Waals surface area contributed by atoms with Gasteiger partial charge in [-0.15, -0.1) is 0 Å². The summed E-state index contributed by atoms with van der Waals surface area (Å²) >= 11 is 0. The number of hydrogen-bond acceptors (Lipinski definition) is 4. The van der Waals surface area contributed by atoms with Crippen molar-refractivity contribution in [1.82, 2.24) is 21.3 Å². The van der Waals surface area contributed by atoms with Crippen LogP contribution in [0.15, 0.2) is 0 Å². The molecule has 0 unspecified atom stereocenters. The average molecular weight is 172 g/mol. The van der Waals surface area contributed by atoms with Crippen LogP contribution in [0.5, 0.6) is 0 Å². The maximum absolute atomic E-state index is 10.1. The third-order valence-electron chi connectivity index (χ3n) is 1.68. The van der Waals surface area contributed by atoms with E-state index < -0.39 is 0 Å². The number of carbonyl (C=O) groups excluding carboxylic acids is 2. The number of amides is 2. The molecule has 68 valence electrons. The number of nitrogens with one attached hydrogen (secondary N) is 4. The molecule has 12 heavy (non-hydrogen) atoms. The molecule has 0 aliphatic carbocycles. The molecule has 0 aromatic rings. The van der Waals surface area contributed by atoms with Crippen molar-refractivity contribution >= 4 is 12.8 Å². The minimum absolute atomic E-state index is 0.235. The molecular weight excluding hydrogens is 160 g/mol. The van der Waals surface area contributed by atoms with Crippen LogP contribution in [0, 0.1) is 0 Å². The summed E-state index contributed by atoms with van der Waals surface area (Å²) in [5.41, 5.74) is 0. The molecule has 6 nitrogen and oxygen atoms in total. The molecule has 2 amide bonds. The van der Waals surface area contributed by atoms with Gasteiger partial charge in [-0.05, 0) is 0 Å². The first-order valence-electron chi connectivity index (χ1n) is 3.74. The third kappa shape index (κ3) is 2.18. The lowest BCUT2D eigenvalue weighted by Crippen LogP contribution is -2.66. The Bertz CT molecular complexity index is 146. The van der Waals surface area contributed by atoms with Gasteiger partial charge in [-0.25, -0.2) is 0 Å². The number of rotatable bonds is 4. The summed E-state index contributed by atoms with van der Waals surface area (Å²) in [6.07, 6.45) is 0.733. The Hall–Kier alpha value is -1.14. The fourth-order valence-electron chi connectivity index (χ4n) is 1.15. The van der Waals surface area contributed by atoms with Gasteiger partial charge in [0.25, 0.3) is 0 Å². The zero-order valence-electron chi connectivity index (χ0n) is 6.54. The van der Waals surface area contributed by atoms with Crippen LogP contribution >= 0.6 is 0 Å². The lowest BCUT2D eigenvalue weighted by Gasteiger charge is -2.32. The van der Waals surface area contributed by atoms with Crippen LogP contribution in [-0.4, -0.2) is 38.2 Å². The van der Waals surface area contributed by atoms with Crippen LogP contribution in [0.1, 0.15) is 0 Å². The highest BCUT2D eigenvalue weighted by Crippen LogP contribution is 1.89. The van der Waals surface area contributed by atoms with E-state index in [9.17, 15) is 9.59 Å². The maximum Gasteiger partial charge on any atom is 0.208 e. The van der Waals surface area contributed by atoms with Crippen molar-refractivity contribution in [3.63, 3.8) is 0 Å². The summed E-state index contributed by atoms with van der Waals surface area (Å²) in [5.74, 6) is 0. The third-order valence-corrected chi connectivity index (χ3v) is 1.68. The van der Waals surface area contributed by atoms with E-state index in [0.29, 0.717) is 12.8 Å². The van der Waals surface area contributed by atoms with Crippen molar-refractivity contribution in [1.29, 1.82) is 0 Å². The fraction of sp³-hybridized carbons (Fsp3) is 0.667. The number of carbonyl (C=O) groups is 2. The summed E-state index contributed by atoms with van der Waals surface area (Å²) in [7, 11) is 0. The molecule has 1 heterocycles. The molecule has 0 aromatic heterocycles. The Morgan fingerprint density at radius 2 is 1.42 bits per heavy atom. The summed E-state index contributed by atoms with van der Waals surface area (Å²) in [4.78, 5) is 20.3. The van der Waals surface area contributed by atoms with Gasteiger partial charge in [0.15, 0.2) is 0 Å². The van der Waals surface area contributed by atoms with Crippen LogP contribution in [0.3, 0.4) is 0 Å². The van der Waals surface area contributed by atoms with Gasteiger partial charge >= 0.3 is 0 Å². The SMILES string of the molecule is O=CN[C@@H]1NCCN[C@H]1NC=O. The molecular formula is C6H12N4O2. The number of piperazine rings is 1. The quantitative estimate of drug-likeness (QED) is 0.348. The van der Waals surface area contributed by atoms with E-state index in [0.717, 1.165) is 13.1 Å². The van der Waals surface area contributed by atoms with Gasteiger partial charge in [-0.3, -0.25) is 20.2 Å². The molecule has 1 fully saturated rings. The first kappa shape index (κ1) is 8.95. The molecule has 0 radical (unpaired) electrons. The first-order valence-corrected chi connectivity index (χ1v) is 3.74. The normalized spacial score (nSPS) is 29.0. The standard InChI is InChI=1S/C6H12N4O2/c11-3-9-5-6(10-4-12)8-2-1-7-5/h3-8H,1-2H2,(H,9,11)(H,10,12)/t5-,6-/m0/s1. The topological polar surface area (TPSA) is 82.3 Å². The van der Waals surface area contributed by atoms with Gasteiger partial charge in [0, 0.05) is 13.1 Å². The fourth-order valence-corrected chi connectivity index (χ4v) is 1.15. The lowest BCUT2D eigenvalue weighted by molar-refractivity contribution is -0.113.